The zero-order chi connectivity index (χ0) is 12.3. The number of benzene rings is 1. The SMILES string of the molecule is COC(=O)N1CCC(c2ccc(OC)cc2)C1. The minimum absolute atomic E-state index is 0.235. The second-order valence-electron chi connectivity index (χ2n) is 4.17. The molecule has 0 spiro atoms. The summed E-state index contributed by atoms with van der Waals surface area (Å²) < 4.78 is 9.85. The number of hydrogen-bond donors (Lipinski definition) is 0. The second-order valence-corrected chi connectivity index (χ2v) is 4.17. The summed E-state index contributed by atoms with van der Waals surface area (Å²) in [6.07, 6.45) is 0.752. The highest BCUT2D eigenvalue weighted by Gasteiger charge is 2.27. The highest BCUT2D eigenvalue weighted by molar-refractivity contribution is 5.67. The van der Waals surface area contributed by atoms with Gasteiger partial charge in [-0.1, -0.05) is 12.1 Å². The Bertz CT molecular complexity index is 388. The van der Waals surface area contributed by atoms with Crippen LogP contribution in [0.25, 0.3) is 0 Å². The fraction of sp³-hybridized carbons (Fsp3) is 0.462. The van der Waals surface area contributed by atoms with Crippen LogP contribution in [0.3, 0.4) is 0 Å². The van der Waals surface area contributed by atoms with E-state index in [1.165, 1.54) is 12.7 Å². The average molecular weight is 235 g/mol. The Balaban J connectivity index is 2.02. The first-order valence-electron chi connectivity index (χ1n) is 5.71. The predicted octanol–water partition coefficient (Wildman–Crippen LogP) is 2.25. The molecule has 2 rings (SSSR count). The van der Waals surface area contributed by atoms with E-state index in [9.17, 15) is 4.79 Å². The molecule has 1 aliphatic rings. The third-order valence-electron chi connectivity index (χ3n) is 3.21. The van der Waals surface area contributed by atoms with Crippen LogP contribution in [-0.4, -0.2) is 38.3 Å². The van der Waals surface area contributed by atoms with Crippen molar-refractivity contribution in [2.75, 3.05) is 27.3 Å². The molecule has 0 aliphatic carbocycles. The minimum Gasteiger partial charge on any atom is -0.497 e. The van der Waals surface area contributed by atoms with Gasteiger partial charge in [-0.3, -0.25) is 0 Å². The van der Waals surface area contributed by atoms with Gasteiger partial charge in [0.25, 0.3) is 0 Å². The lowest BCUT2D eigenvalue weighted by Crippen LogP contribution is -2.28. The minimum atomic E-state index is -0.235. The number of rotatable bonds is 2. The van der Waals surface area contributed by atoms with Gasteiger partial charge in [-0.2, -0.15) is 0 Å². The number of hydrogen-bond acceptors (Lipinski definition) is 3. The van der Waals surface area contributed by atoms with Crippen LogP contribution in [0.15, 0.2) is 24.3 Å². The Labute approximate surface area is 101 Å². The number of amides is 1. The molecule has 0 saturated carbocycles. The Morgan fingerprint density at radius 2 is 2.00 bits per heavy atom. The summed E-state index contributed by atoms with van der Waals surface area (Å²) in [6.45, 7) is 1.50. The summed E-state index contributed by atoms with van der Waals surface area (Å²) >= 11 is 0. The lowest BCUT2D eigenvalue weighted by atomic mass is 9.98. The summed E-state index contributed by atoms with van der Waals surface area (Å²) in [6, 6.07) is 8.03. The molecule has 0 N–H and O–H groups in total. The van der Waals surface area contributed by atoms with Crippen molar-refractivity contribution in [2.45, 2.75) is 12.3 Å². The smallest absolute Gasteiger partial charge is 0.409 e. The largest absolute Gasteiger partial charge is 0.497 e. The van der Waals surface area contributed by atoms with E-state index in [0.29, 0.717) is 5.92 Å². The highest BCUT2D eigenvalue weighted by Crippen LogP contribution is 2.28. The molecule has 1 unspecified atom stereocenters. The van der Waals surface area contributed by atoms with Crippen molar-refractivity contribution < 1.29 is 14.3 Å². The zero-order valence-electron chi connectivity index (χ0n) is 10.2. The Hall–Kier alpha value is -1.71. The van der Waals surface area contributed by atoms with E-state index in [0.717, 1.165) is 25.3 Å². The van der Waals surface area contributed by atoms with E-state index < -0.39 is 0 Å². The van der Waals surface area contributed by atoms with Gasteiger partial charge < -0.3 is 14.4 Å². The van der Waals surface area contributed by atoms with Crippen LogP contribution in [-0.2, 0) is 4.74 Å². The van der Waals surface area contributed by atoms with Gasteiger partial charge in [0.2, 0.25) is 0 Å². The van der Waals surface area contributed by atoms with Gasteiger partial charge in [-0.05, 0) is 24.1 Å². The van der Waals surface area contributed by atoms with Crippen molar-refractivity contribution in [3.8, 4) is 5.75 Å². The summed E-state index contributed by atoms with van der Waals surface area (Å²) in [5.74, 6) is 1.26. The lowest BCUT2D eigenvalue weighted by molar-refractivity contribution is 0.132. The third-order valence-corrected chi connectivity index (χ3v) is 3.21. The van der Waals surface area contributed by atoms with Crippen molar-refractivity contribution in [2.24, 2.45) is 0 Å². The maximum Gasteiger partial charge on any atom is 0.409 e. The van der Waals surface area contributed by atoms with Gasteiger partial charge >= 0.3 is 6.09 Å². The number of ether oxygens (including phenoxy) is 2. The van der Waals surface area contributed by atoms with E-state index in [4.69, 9.17) is 9.47 Å². The average Bonchev–Trinajstić information content (AvgIpc) is 2.87. The predicted molar refractivity (Wildman–Crippen MR) is 64.3 cm³/mol. The van der Waals surface area contributed by atoms with Gasteiger partial charge in [0, 0.05) is 19.0 Å². The maximum absolute atomic E-state index is 11.4. The zero-order valence-corrected chi connectivity index (χ0v) is 10.2. The number of nitrogens with zero attached hydrogens (tertiary/aromatic N) is 1. The Morgan fingerprint density at radius 1 is 1.29 bits per heavy atom. The molecule has 1 heterocycles. The van der Waals surface area contributed by atoms with E-state index in [1.807, 2.05) is 12.1 Å². The first-order chi connectivity index (χ1) is 8.24. The molecular formula is C13H17NO3. The van der Waals surface area contributed by atoms with Crippen LogP contribution < -0.4 is 4.74 Å². The van der Waals surface area contributed by atoms with Crippen molar-refractivity contribution in [1.82, 2.24) is 4.90 Å². The van der Waals surface area contributed by atoms with Gasteiger partial charge in [0.05, 0.1) is 14.2 Å². The molecule has 1 aromatic carbocycles. The van der Waals surface area contributed by atoms with Crippen LogP contribution in [0.1, 0.15) is 17.9 Å². The molecule has 1 fully saturated rings. The highest BCUT2D eigenvalue weighted by atomic mass is 16.5. The molecule has 1 amide bonds. The van der Waals surface area contributed by atoms with Crippen molar-refractivity contribution >= 4 is 6.09 Å². The number of likely N-dealkylation sites (tertiary alicyclic amines) is 1. The standard InChI is InChI=1S/C13H17NO3/c1-16-12-5-3-10(4-6-12)11-7-8-14(9-11)13(15)17-2/h3-6,11H,7-9H2,1-2H3. The third kappa shape index (κ3) is 2.52. The van der Waals surface area contributed by atoms with Crippen LogP contribution >= 0.6 is 0 Å². The fourth-order valence-corrected chi connectivity index (χ4v) is 2.20. The molecular weight excluding hydrogens is 218 g/mol. The number of methoxy groups -OCH3 is 2. The summed E-state index contributed by atoms with van der Waals surface area (Å²) in [5, 5.41) is 0. The van der Waals surface area contributed by atoms with Crippen molar-refractivity contribution in [1.29, 1.82) is 0 Å². The topological polar surface area (TPSA) is 38.8 Å². The molecule has 0 radical (unpaired) electrons. The molecule has 4 nitrogen and oxygen atoms in total. The van der Waals surface area contributed by atoms with Gasteiger partial charge in [-0.15, -0.1) is 0 Å². The van der Waals surface area contributed by atoms with Crippen LogP contribution in [0.5, 0.6) is 5.75 Å². The van der Waals surface area contributed by atoms with Crippen molar-refractivity contribution in [3.63, 3.8) is 0 Å². The van der Waals surface area contributed by atoms with Crippen molar-refractivity contribution in [3.05, 3.63) is 29.8 Å². The molecule has 0 aromatic heterocycles. The van der Waals surface area contributed by atoms with E-state index in [-0.39, 0.29) is 6.09 Å². The summed E-state index contributed by atoms with van der Waals surface area (Å²) in [5.41, 5.74) is 1.25. The lowest BCUT2D eigenvalue weighted by Gasteiger charge is -2.14. The summed E-state index contributed by atoms with van der Waals surface area (Å²) in [7, 11) is 3.08. The second kappa shape index (κ2) is 5.08. The van der Waals surface area contributed by atoms with E-state index in [1.54, 1.807) is 12.0 Å². The number of carbonyl (C=O) groups is 1. The molecule has 1 saturated heterocycles. The van der Waals surface area contributed by atoms with Gasteiger partial charge in [0.1, 0.15) is 5.75 Å². The molecule has 17 heavy (non-hydrogen) atoms. The van der Waals surface area contributed by atoms with E-state index in [2.05, 4.69) is 12.1 Å². The molecule has 0 bridgehead atoms. The Kier molecular flexibility index (Phi) is 3.52. The summed E-state index contributed by atoms with van der Waals surface area (Å²) in [4.78, 5) is 13.1. The van der Waals surface area contributed by atoms with Gasteiger partial charge in [0.15, 0.2) is 0 Å². The van der Waals surface area contributed by atoms with Gasteiger partial charge in [-0.25, -0.2) is 4.79 Å². The van der Waals surface area contributed by atoms with Crippen LogP contribution in [0, 0.1) is 0 Å². The fourth-order valence-electron chi connectivity index (χ4n) is 2.20. The molecule has 1 atom stereocenters. The maximum atomic E-state index is 11.4. The molecule has 92 valence electrons. The monoisotopic (exact) mass is 235 g/mol. The Morgan fingerprint density at radius 3 is 2.59 bits per heavy atom. The number of carbonyl (C=O) groups excluding carboxylic acids is 1. The first-order valence-corrected chi connectivity index (χ1v) is 5.71. The molecule has 1 aliphatic heterocycles. The van der Waals surface area contributed by atoms with Crippen LogP contribution in [0.4, 0.5) is 4.79 Å². The van der Waals surface area contributed by atoms with E-state index >= 15 is 0 Å². The van der Waals surface area contributed by atoms with Crippen LogP contribution in [0.2, 0.25) is 0 Å². The first kappa shape index (κ1) is 11.8. The normalized spacial score (nSPS) is 19.2. The quantitative estimate of drug-likeness (QED) is 0.789. The molecule has 4 heteroatoms. The molecule has 1 aromatic rings.